The second-order valence-electron chi connectivity index (χ2n) is 9.29. The molecule has 0 fully saturated rings. The summed E-state index contributed by atoms with van der Waals surface area (Å²) in [4.78, 5) is 11.1. The Kier molecular flexibility index (Phi) is 8.72. The lowest BCUT2D eigenvalue weighted by molar-refractivity contribution is -0.114. The minimum Gasteiger partial charge on any atom is -0.491 e. The molecule has 1 aromatic rings. The van der Waals surface area contributed by atoms with Crippen LogP contribution in [0.25, 0.3) is 0 Å². The molecule has 0 heterocycles. The predicted octanol–water partition coefficient (Wildman–Crippen LogP) is 4.79. The Bertz CT molecular complexity index is 593. The highest BCUT2D eigenvalue weighted by molar-refractivity contribution is 6.73. The lowest BCUT2D eigenvalue weighted by Gasteiger charge is -2.41. The first-order valence-electron chi connectivity index (χ1n) is 9.73. The van der Waals surface area contributed by atoms with E-state index in [1.165, 1.54) is 6.92 Å². The van der Waals surface area contributed by atoms with E-state index < -0.39 is 16.6 Å². The second kappa shape index (κ2) is 9.86. The van der Waals surface area contributed by atoms with Gasteiger partial charge < -0.3 is 19.0 Å². The Hall–Kier alpha value is -1.16. The van der Waals surface area contributed by atoms with Gasteiger partial charge in [0.2, 0.25) is 5.91 Å². The summed E-state index contributed by atoms with van der Waals surface area (Å²) in [6, 6.07) is 7.97. The van der Waals surface area contributed by atoms with Crippen LogP contribution in [0.5, 0.6) is 5.75 Å². The molecule has 0 saturated heterocycles. The van der Waals surface area contributed by atoms with E-state index in [2.05, 4.69) is 63.0 Å². The van der Waals surface area contributed by atoms with Crippen molar-refractivity contribution in [3.63, 3.8) is 0 Å². The Morgan fingerprint density at radius 1 is 1.07 bits per heavy atom. The van der Waals surface area contributed by atoms with Gasteiger partial charge in [0.1, 0.15) is 20.6 Å². The predicted molar refractivity (Wildman–Crippen MR) is 120 cm³/mol. The van der Waals surface area contributed by atoms with Crippen molar-refractivity contribution in [3.05, 3.63) is 24.3 Å². The largest absolute Gasteiger partial charge is 0.491 e. The molecule has 0 aliphatic heterocycles. The van der Waals surface area contributed by atoms with Crippen LogP contribution in [0.3, 0.4) is 0 Å². The Balaban J connectivity index is 2.81. The van der Waals surface area contributed by atoms with Crippen molar-refractivity contribution in [2.45, 2.75) is 72.2 Å². The van der Waals surface area contributed by atoms with Crippen LogP contribution in [-0.2, 0) is 9.22 Å². The van der Waals surface area contributed by atoms with E-state index in [1.807, 2.05) is 24.3 Å². The summed E-state index contributed by atoms with van der Waals surface area (Å²) < 4.78 is 15.1. The first-order chi connectivity index (χ1) is 12.3. The molecule has 0 radical (unpaired) electrons. The Labute approximate surface area is 167 Å². The average molecular weight is 411 g/mol. The summed E-state index contributed by atoms with van der Waals surface area (Å²) in [6.07, 6.45) is 0.0424. The minimum absolute atomic E-state index is 0.0424. The number of ether oxygens (including phenoxy) is 1. The summed E-state index contributed by atoms with van der Waals surface area (Å²) in [5.41, 5.74) is 0.773. The van der Waals surface area contributed by atoms with Crippen LogP contribution in [0.4, 0.5) is 5.69 Å². The van der Waals surface area contributed by atoms with Crippen LogP contribution in [0.1, 0.15) is 20.8 Å². The number of carbonyl (C=O) groups is 1. The summed E-state index contributed by atoms with van der Waals surface area (Å²) in [5.74, 6) is 0.713. The van der Waals surface area contributed by atoms with Gasteiger partial charge in [-0.2, -0.15) is 0 Å². The standard InChI is InChI=1S/C20H38N2O3Si2/c1-16(2)22(26(4,5)6)14-20(25-27(7,8)9)15-24-19-12-10-18(11-13-19)21-17(3)23/h10-13,16,20H,14-15H2,1-9H3,(H,21,23). The van der Waals surface area contributed by atoms with E-state index in [-0.39, 0.29) is 12.0 Å². The number of nitrogens with one attached hydrogen (secondary N) is 1. The van der Waals surface area contributed by atoms with Gasteiger partial charge in [0.15, 0.2) is 8.32 Å². The first kappa shape index (κ1) is 23.9. The highest BCUT2D eigenvalue weighted by Crippen LogP contribution is 2.20. The van der Waals surface area contributed by atoms with E-state index in [0.717, 1.165) is 18.0 Å². The molecule has 27 heavy (non-hydrogen) atoms. The van der Waals surface area contributed by atoms with Gasteiger partial charge in [-0.05, 0) is 49.9 Å². The van der Waals surface area contributed by atoms with Crippen molar-refractivity contribution in [2.24, 2.45) is 0 Å². The molecule has 154 valence electrons. The topological polar surface area (TPSA) is 50.8 Å². The van der Waals surface area contributed by atoms with Crippen molar-refractivity contribution in [3.8, 4) is 5.75 Å². The Morgan fingerprint density at radius 3 is 2.04 bits per heavy atom. The minimum atomic E-state index is -1.69. The highest BCUT2D eigenvalue weighted by Gasteiger charge is 2.31. The fourth-order valence-corrected chi connectivity index (χ4v) is 6.57. The zero-order valence-electron chi connectivity index (χ0n) is 18.6. The lowest BCUT2D eigenvalue weighted by Crippen LogP contribution is -2.55. The maximum Gasteiger partial charge on any atom is 0.221 e. The molecule has 1 unspecified atom stereocenters. The van der Waals surface area contributed by atoms with Crippen LogP contribution in [-0.4, -0.2) is 52.3 Å². The summed E-state index contributed by atoms with van der Waals surface area (Å²) >= 11 is 0. The molecule has 7 heteroatoms. The van der Waals surface area contributed by atoms with Crippen LogP contribution >= 0.6 is 0 Å². The molecule has 1 N–H and O–H groups in total. The molecule has 0 saturated carbocycles. The fourth-order valence-electron chi connectivity index (χ4n) is 3.13. The molecular formula is C20H38N2O3Si2. The molecule has 0 aliphatic carbocycles. The maximum absolute atomic E-state index is 11.1. The molecule has 1 aromatic carbocycles. The average Bonchev–Trinajstić information content (AvgIpc) is 2.48. The number of amides is 1. The number of carbonyl (C=O) groups excluding carboxylic acids is 1. The van der Waals surface area contributed by atoms with Crippen molar-refractivity contribution in [1.29, 1.82) is 0 Å². The third-order valence-corrected chi connectivity index (χ3v) is 7.48. The van der Waals surface area contributed by atoms with Gasteiger partial charge in [0.05, 0.1) is 6.10 Å². The SMILES string of the molecule is CC(=O)Nc1ccc(OCC(CN(C(C)C)[Si](C)(C)C)O[Si](C)(C)C)cc1. The number of nitrogens with zero attached hydrogens (tertiary/aromatic N) is 1. The van der Waals surface area contributed by atoms with E-state index in [0.29, 0.717) is 12.6 Å². The van der Waals surface area contributed by atoms with Gasteiger partial charge in [-0.15, -0.1) is 0 Å². The number of benzene rings is 1. The van der Waals surface area contributed by atoms with Gasteiger partial charge in [-0.1, -0.05) is 33.5 Å². The molecule has 0 spiro atoms. The number of anilines is 1. The number of hydrogen-bond donors (Lipinski definition) is 1. The third kappa shape index (κ3) is 9.55. The van der Waals surface area contributed by atoms with Gasteiger partial charge in [0.25, 0.3) is 0 Å². The monoisotopic (exact) mass is 410 g/mol. The van der Waals surface area contributed by atoms with Gasteiger partial charge in [0, 0.05) is 19.2 Å². The Morgan fingerprint density at radius 2 is 1.63 bits per heavy atom. The molecule has 0 aliphatic rings. The zero-order chi connectivity index (χ0) is 20.8. The third-order valence-electron chi connectivity index (χ3n) is 4.02. The van der Waals surface area contributed by atoms with E-state index in [9.17, 15) is 4.79 Å². The van der Waals surface area contributed by atoms with Crippen molar-refractivity contribution in [1.82, 2.24) is 4.57 Å². The van der Waals surface area contributed by atoms with E-state index in [4.69, 9.17) is 9.16 Å². The molecular weight excluding hydrogens is 372 g/mol. The van der Waals surface area contributed by atoms with E-state index >= 15 is 0 Å². The van der Waals surface area contributed by atoms with Crippen molar-refractivity contribution < 1.29 is 14.0 Å². The van der Waals surface area contributed by atoms with E-state index in [1.54, 1.807) is 0 Å². The van der Waals surface area contributed by atoms with Crippen molar-refractivity contribution in [2.75, 3.05) is 18.5 Å². The number of hydrogen-bond acceptors (Lipinski definition) is 4. The van der Waals surface area contributed by atoms with Crippen molar-refractivity contribution >= 4 is 28.1 Å². The summed E-state index contributed by atoms with van der Waals surface area (Å²) in [5, 5.41) is 2.77. The quantitative estimate of drug-likeness (QED) is 0.564. The molecule has 0 bridgehead atoms. The molecule has 1 atom stereocenters. The summed E-state index contributed by atoms with van der Waals surface area (Å²) in [6.45, 7) is 21.2. The van der Waals surface area contributed by atoms with Gasteiger partial charge in [-0.25, -0.2) is 0 Å². The normalized spacial score (nSPS) is 13.7. The fraction of sp³-hybridized carbons (Fsp3) is 0.650. The molecule has 5 nitrogen and oxygen atoms in total. The highest BCUT2D eigenvalue weighted by atomic mass is 28.4. The van der Waals surface area contributed by atoms with Crippen LogP contribution < -0.4 is 10.1 Å². The lowest BCUT2D eigenvalue weighted by atomic mass is 10.3. The second-order valence-corrected chi connectivity index (χ2v) is 18.7. The van der Waals surface area contributed by atoms with Crippen LogP contribution in [0, 0.1) is 0 Å². The summed E-state index contributed by atoms with van der Waals surface area (Å²) in [7, 11) is -3.13. The smallest absolute Gasteiger partial charge is 0.221 e. The zero-order valence-corrected chi connectivity index (χ0v) is 20.6. The molecule has 1 amide bonds. The molecule has 1 rings (SSSR count). The van der Waals surface area contributed by atoms with Gasteiger partial charge in [-0.3, -0.25) is 4.79 Å². The van der Waals surface area contributed by atoms with Gasteiger partial charge >= 0.3 is 0 Å². The number of rotatable bonds is 10. The van der Waals surface area contributed by atoms with Crippen LogP contribution in [0.2, 0.25) is 39.3 Å². The first-order valence-corrected chi connectivity index (χ1v) is 16.6. The van der Waals surface area contributed by atoms with Crippen LogP contribution in [0.15, 0.2) is 24.3 Å². The molecule has 0 aromatic heterocycles. The maximum atomic E-state index is 11.1.